The first-order valence-electron chi connectivity index (χ1n) is 4.52. The van der Waals surface area contributed by atoms with Gasteiger partial charge in [-0.1, -0.05) is 35.9 Å². The second kappa shape index (κ2) is 3.37. The van der Waals surface area contributed by atoms with E-state index in [1.807, 2.05) is 12.2 Å². The van der Waals surface area contributed by atoms with Crippen molar-refractivity contribution in [1.29, 1.82) is 0 Å². The van der Waals surface area contributed by atoms with Crippen LogP contribution in [0.5, 0.6) is 0 Å². The summed E-state index contributed by atoms with van der Waals surface area (Å²) in [5.74, 6) is -0.389. The SMILES string of the molecule is NC1(c2cccc(Cl)c2F)CC=CC1. The molecule has 0 aliphatic heterocycles. The lowest BCUT2D eigenvalue weighted by Gasteiger charge is -2.24. The van der Waals surface area contributed by atoms with Gasteiger partial charge in [0, 0.05) is 5.56 Å². The van der Waals surface area contributed by atoms with E-state index in [4.69, 9.17) is 17.3 Å². The molecule has 0 spiro atoms. The molecule has 1 aliphatic rings. The second-order valence-corrected chi connectivity index (χ2v) is 4.04. The maximum Gasteiger partial charge on any atom is 0.146 e. The summed E-state index contributed by atoms with van der Waals surface area (Å²) >= 11 is 5.70. The number of hydrogen-bond donors (Lipinski definition) is 1. The lowest BCUT2D eigenvalue weighted by atomic mass is 9.88. The Kier molecular flexibility index (Phi) is 2.33. The molecule has 14 heavy (non-hydrogen) atoms. The molecular weight excluding hydrogens is 201 g/mol. The molecule has 0 fully saturated rings. The molecule has 0 amide bonds. The standard InChI is InChI=1S/C11H11ClFN/c12-9-5-3-4-8(10(9)13)11(14)6-1-2-7-11/h1-5H,6-7,14H2. The fraction of sp³-hybridized carbons (Fsp3) is 0.273. The van der Waals surface area contributed by atoms with Crippen molar-refractivity contribution in [3.8, 4) is 0 Å². The number of hydrogen-bond acceptors (Lipinski definition) is 1. The third kappa shape index (κ3) is 1.45. The molecule has 0 heterocycles. The van der Waals surface area contributed by atoms with Crippen LogP contribution in [0.15, 0.2) is 30.4 Å². The molecule has 0 unspecified atom stereocenters. The Bertz CT molecular complexity index is 379. The highest BCUT2D eigenvalue weighted by atomic mass is 35.5. The molecule has 0 bridgehead atoms. The van der Waals surface area contributed by atoms with Gasteiger partial charge >= 0.3 is 0 Å². The minimum atomic E-state index is -0.602. The lowest BCUT2D eigenvalue weighted by molar-refractivity contribution is 0.448. The lowest BCUT2D eigenvalue weighted by Crippen LogP contribution is -2.34. The first kappa shape index (κ1) is 9.69. The van der Waals surface area contributed by atoms with Crippen LogP contribution >= 0.6 is 11.6 Å². The molecule has 0 saturated heterocycles. The van der Waals surface area contributed by atoms with Crippen LogP contribution < -0.4 is 5.73 Å². The van der Waals surface area contributed by atoms with Crippen molar-refractivity contribution in [1.82, 2.24) is 0 Å². The van der Waals surface area contributed by atoms with E-state index in [0.29, 0.717) is 18.4 Å². The molecule has 0 radical (unpaired) electrons. The fourth-order valence-electron chi connectivity index (χ4n) is 1.78. The topological polar surface area (TPSA) is 26.0 Å². The average Bonchev–Trinajstić information content (AvgIpc) is 2.58. The van der Waals surface area contributed by atoms with E-state index in [2.05, 4.69) is 0 Å². The van der Waals surface area contributed by atoms with E-state index in [9.17, 15) is 4.39 Å². The van der Waals surface area contributed by atoms with Gasteiger partial charge in [0.2, 0.25) is 0 Å². The van der Waals surface area contributed by atoms with E-state index >= 15 is 0 Å². The summed E-state index contributed by atoms with van der Waals surface area (Å²) in [6.07, 6.45) is 5.29. The van der Waals surface area contributed by atoms with Crippen molar-refractivity contribution in [2.24, 2.45) is 5.73 Å². The molecule has 1 aliphatic carbocycles. The van der Waals surface area contributed by atoms with Gasteiger partial charge in [0.15, 0.2) is 0 Å². The smallest absolute Gasteiger partial charge is 0.146 e. The predicted molar refractivity (Wildman–Crippen MR) is 55.6 cm³/mol. The van der Waals surface area contributed by atoms with Crippen molar-refractivity contribution in [2.75, 3.05) is 0 Å². The summed E-state index contributed by atoms with van der Waals surface area (Å²) in [7, 11) is 0. The van der Waals surface area contributed by atoms with Crippen LogP contribution in [0, 0.1) is 5.82 Å². The Morgan fingerprint density at radius 3 is 2.57 bits per heavy atom. The first-order chi connectivity index (χ1) is 6.63. The zero-order valence-electron chi connectivity index (χ0n) is 7.63. The highest BCUT2D eigenvalue weighted by Gasteiger charge is 2.31. The monoisotopic (exact) mass is 211 g/mol. The van der Waals surface area contributed by atoms with Crippen LogP contribution in [0.2, 0.25) is 5.02 Å². The molecule has 3 heteroatoms. The Hall–Kier alpha value is -0.860. The summed E-state index contributed by atoms with van der Waals surface area (Å²) in [5.41, 5.74) is 6.00. The van der Waals surface area contributed by atoms with Crippen LogP contribution in [-0.4, -0.2) is 0 Å². The Balaban J connectivity index is 2.46. The second-order valence-electron chi connectivity index (χ2n) is 3.64. The number of halogens is 2. The Morgan fingerprint density at radius 1 is 1.29 bits per heavy atom. The molecule has 1 aromatic carbocycles. The quantitative estimate of drug-likeness (QED) is 0.711. The molecule has 1 aromatic rings. The largest absolute Gasteiger partial charge is 0.321 e. The minimum Gasteiger partial charge on any atom is -0.321 e. The zero-order chi connectivity index (χ0) is 10.2. The van der Waals surface area contributed by atoms with Crippen molar-refractivity contribution in [3.63, 3.8) is 0 Å². The number of nitrogens with two attached hydrogens (primary N) is 1. The molecule has 0 aromatic heterocycles. The van der Waals surface area contributed by atoms with Crippen molar-refractivity contribution in [2.45, 2.75) is 18.4 Å². The van der Waals surface area contributed by atoms with Crippen molar-refractivity contribution < 1.29 is 4.39 Å². The van der Waals surface area contributed by atoms with Gasteiger partial charge in [0.05, 0.1) is 10.6 Å². The highest BCUT2D eigenvalue weighted by Crippen LogP contribution is 2.35. The highest BCUT2D eigenvalue weighted by molar-refractivity contribution is 6.30. The normalized spacial score (nSPS) is 18.8. The Morgan fingerprint density at radius 2 is 1.93 bits per heavy atom. The van der Waals surface area contributed by atoms with Gasteiger partial charge < -0.3 is 5.73 Å². The van der Waals surface area contributed by atoms with Gasteiger partial charge in [0.1, 0.15) is 5.82 Å². The summed E-state index contributed by atoms with van der Waals surface area (Å²) in [6.45, 7) is 0. The van der Waals surface area contributed by atoms with Gasteiger partial charge in [-0.3, -0.25) is 0 Å². The van der Waals surface area contributed by atoms with E-state index in [-0.39, 0.29) is 10.8 Å². The maximum absolute atomic E-state index is 13.7. The number of benzene rings is 1. The maximum atomic E-state index is 13.7. The Labute approximate surface area is 87.4 Å². The van der Waals surface area contributed by atoms with Crippen LogP contribution in [0.3, 0.4) is 0 Å². The van der Waals surface area contributed by atoms with Gasteiger partial charge in [-0.05, 0) is 18.9 Å². The molecular formula is C11H11ClFN. The van der Waals surface area contributed by atoms with E-state index in [0.717, 1.165) is 0 Å². The van der Waals surface area contributed by atoms with Crippen LogP contribution in [0.25, 0.3) is 0 Å². The van der Waals surface area contributed by atoms with E-state index in [1.54, 1.807) is 12.1 Å². The summed E-state index contributed by atoms with van der Waals surface area (Å²) in [6, 6.07) is 4.97. The van der Waals surface area contributed by atoms with Gasteiger partial charge in [-0.15, -0.1) is 0 Å². The summed E-state index contributed by atoms with van der Waals surface area (Å²) in [4.78, 5) is 0. The third-order valence-corrected chi connectivity index (χ3v) is 2.91. The third-order valence-electron chi connectivity index (χ3n) is 2.62. The minimum absolute atomic E-state index is 0.138. The fourth-order valence-corrected chi connectivity index (χ4v) is 1.95. The van der Waals surface area contributed by atoms with Crippen molar-refractivity contribution in [3.05, 3.63) is 46.8 Å². The summed E-state index contributed by atoms with van der Waals surface area (Å²) < 4.78 is 13.7. The molecule has 2 rings (SSSR count). The summed E-state index contributed by atoms with van der Waals surface area (Å²) in [5, 5.41) is 0.138. The van der Waals surface area contributed by atoms with Gasteiger partial charge in [-0.25, -0.2) is 4.39 Å². The predicted octanol–water partition coefficient (Wildman–Crippen LogP) is 2.98. The van der Waals surface area contributed by atoms with E-state index in [1.165, 1.54) is 6.07 Å². The molecule has 74 valence electrons. The van der Waals surface area contributed by atoms with Crippen LogP contribution in [0.1, 0.15) is 18.4 Å². The molecule has 2 N–H and O–H groups in total. The number of rotatable bonds is 1. The van der Waals surface area contributed by atoms with Crippen LogP contribution in [0.4, 0.5) is 4.39 Å². The van der Waals surface area contributed by atoms with Crippen molar-refractivity contribution >= 4 is 11.6 Å². The van der Waals surface area contributed by atoms with Gasteiger partial charge in [0.25, 0.3) is 0 Å². The molecule has 1 nitrogen and oxygen atoms in total. The first-order valence-corrected chi connectivity index (χ1v) is 4.90. The average molecular weight is 212 g/mol. The van der Waals surface area contributed by atoms with Gasteiger partial charge in [-0.2, -0.15) is 0 Å². The molecule has 0 saturated carbocycles. The molecule has 0 atom stereocenters. The van der Waals surface area contributed by atoms with E-state index < -0.39 is 5.54 Å². The zero-order valence-corrected chi connectivity index (χ0v) is 8.39. The van der Waals surface area contributed by atoms with Crippen LogP contribution in [-0.2, 0) is 5.54 Å².